The predicted molar refractivity (Wildman–Crippen MR) is 334 cm³/mol. The van der Waals surface area contributed by atoms with Gasteiger partial charge in [-0.15, -0.1) is 0 Å². The monoisotopic (exact) mass is 1390 g/mol. The predicted octanol–water partition coefficient (Wildman–Crippen LogP) is 0.588. The molecule has 0 aromatic carbocycles. The Morgan fingerprint density at radius 1 is 0.392 bits per heavy atom. The first-order valence-corrected chi connectivity index (χ1v) is 32.8. The zero-order valence-corrected chi connectivity index (χ0v) is 57.9. The van der Waals surface area contributed by atoms with E-state index in [0.717, 1.165) is 0 Å². The molecule has 6 N–H and O–H groups in total. The van der Waals surface area contributed by atoms with Gasteiger partial charge in [-0.1, -0.05) is 20.8 Å². The Labute approximate surface area is 565 Å². The van der Waals surface area contributed by atoms with E-state index in [1.807, 2.05) is 0 Å². The van der Waals surface area contributed by atoms with Crippen LogP contribution in [0.4, 0.5) is 0 Å². The molecule has 33 heteroatoms. The van der Waals surface area contributed by atoms with Crippen LogP contribution in [0, 0.1) is 17.8 Å². The SMILES string of the molecule is CC(=O)NC1C(OCCOCCCC(=O)CCC(NC(=O)CCC(N)C(=O)CCCOCCOC2OC(COC(C)=O)C(OC(C)=O)C(C)C2NC(C)=O)C(=O)CCCOCCOC2OC(COC(C)=O)C(OC(C)=O)C(C)C2NC(C)=O)OC(COC(C)=O)C(OC(C)=O)C1C. The van der Waals surface area contributed by atoms with Gasteiger partial charge in [0.2, 0.25) is 23.6 Å². The van der Waals surface area contributed by atoms with E-state index in [-0.39, 0.29) is 166 Å². The number of Topliss-reactive ketones (excluding diaryl/α,β-unsaturated/α-hetero) is 3. The fraction of sp³-hybridized carbons (Fsp3) is 0.797. The molecule has 3 aliphatic heterocycles. The summed E-state index contributed by atoms with van der Waals surface area (Å²) in [5.41, 5.74) is 6.23. The van der Waals surface area contributed by atoms with Gasteiger partial charge in [-0.2, -0.15) is 0 Å². The molecule has 0 saturated carbocycles. The summed E-state index contributed by atoms with van der Waals surface area (Å²) in [6.07, 6.45) is -8.13. The van der Waals surface area contributed by atoms with Crippen molar-refractivity contribution < 1.29 is 133 Å². The molecule has 33 nitrogen and oxygen atoms in total. The maximum atomic E-state index is 13.8. The topological polar surface area (TPSA) is 434 Å². The molecule has 3 rings (SSSR count). The maximum absolute atomic E-state index is 13.8. The number of carbonyl (C=O) groups excluding carboxylic acids is 13. The highest BCUT2D eigenvalue weighted by Crippen LogP contribution is 2.33. The molecule has 3 aliphatic rings. The van der Waals surface area contributed by atoms with Crippen molar-refractivity contribution in [3.05, 3.63) is 0 Å². The minimum Gasteiger partial charge on any atom is -0.463 e. The first-order valence-electron chi connectivity index (χ1n) is 32.8. The molecule has 0 radical (unpaired) electrons. The average molecular weight is 1390 g/mol. The molecule has 0 aromatic rings. The van der Waals surface area contributed by atoms with Crippen LogP contribution in [0.1, 0.15) is 147 Å². The lowest BCUT2D eigenvalue weighted by atomic mass is 9.88. The van der Waals surface area contributed by atoms with E-state index in [4.69, 9.17) is 76.8 Å². The largest absolute Gasteiger partial charge is 0.463 e. The summed E-state index contributed by atoms with van der Waals surface area (Å²) in [5, 5.41) is 11.0. The molecule has 0 aliphatic carbocycles. The van der Waals surface area contributed by atoms with E-state index in [0.29, 0.717) is 6.42 Å². The molecule has 3 heterocycles. The van der Waals surface area contributed by atoms with Crippen LogP contribution in [0.2, 0.25) is 0 Å². The second kappa shape index (κ2) is 45.1. The van der Waals surface area contributed by atoms with Crippen molar-refractivity contribution in [1.29, 1.82) is 0 Å². The van der Waals surface area contributed by atoms with E-state index in [2.05, 4.69) is 21.3 Å². The molecule has 4 amide bonds. The van der Waals surface area contributed by atoms with Gasteiger partial charge < -0.3 is 98.1 Å². The minimum absolute atomic E-state index is 0.0103. The fourth-order valence-electron chi connectivity index (χ4n) is 11.1. The van der Waals surface area contributed by atoms with Crippen molar-refractivity contribution >= 4 is 76.8 Å². The average Bonchev–Trinajstić information content (AvgIpc) is 0.815. The van der Waals surface area contributed by atoms with Gasteiger partial charge in [0, 0.05) is 132 Å². The maximum Gasteiger partial charge on any atom is 0.303 e. The number of carbonyl (C=O) groups is 13. The van der Waals surface area contributed by atoms with Crippen LogP contribution in [-0.4, -0.2) is 242 Å². The van der Waals surface area contributed by atoms with Crippen LogP contribution in [-0.2, 0) is 133 Å². The van der Waals surface area contributed by atoms with Crippen molar-refractivity contribution in [1.82, 2.24) is 21.3 Å². The summed E-state index contributed by atoms with van der Waals surface area (Å²) in [5.74, 6) is -7.82. The highest BCUT2D eigenvalue weighted by atomic mass is 16.7. The number of hydrogen-bond donors (Lipinski definition) is 5. The van der Waals surface area contributed by atoms with E-state index in [1.165, 1.54) is 62.3 Å². The Morgan fingerprint density at radius 3 is 1.04 bits per heavy atom. The molecular formula is C64H103N5O28. The molecule has 0 spiro atoms. The van der Waals surface area contributed by atoms with Gasteiger partial charge in [-0.25, -0.2) is 0 Å². The number of ether oxygens (including phenoxy) is 15. The van der Waals surface area contributed by atoms with Crippen LogP contribution >= 0.6 is 0 Å². The number of nitrogens with two attached hydrogens (primary N) is 1. The Bertz CT molecular complexity index is 2570. The van der Waals surface area contributed by atoms with E-state index in [1.54, 1.807) is 20.8 Å². The molecule has 17 atom stereocenters. The Kier molecular flexibility index (Phi) is 39.3. The number of amides is 4. The standard InChI is InChI=1S/C64H103N5O28/c1-35-56(66-38(4)70)62(95-52(32-89-41(7)73)59(35)92-44(10)76)86-29-26-83-23-13-16-47(79)19-21-49(51(81)18-15-25-85-28-31-88-64-58(68-40(6)72)37(3)61(94-46(12)78)54(97-64)34-91-43(9)75)69-55(82)22-20-48(65)50(80)17-14-24-84-27-30-87-63-57(67-39(5)71)36(2)60(93-45(11)77)53(96-63)33-90-42(8)74/h35-37,48-49,52-54,56-64H,13-34,65H2,1-12H3,(H,66,70)(H,67,71)(H,68,72)(H,69,82). The lowest BCUT2D eigenvalue weighted by Crippen LogP contribution is -2.62. The number of nitrogens with one attached hydrogen (secondary N) is 4. The third-order valence-corrected chi connectivity index (χ3v) is 15.8. The van der Waals surface area contributed by atoms with Gasteiger partial charge in [0.05, 0.1) is 69.9 Å². The molecule has 3 fully saturated rings. The van der Waals surface area contributed by atoms with Crippen LogP contribution in [0.5, 0.6) is 0 Å². The van der Waals surface area contributed by atoms with Gasteiger partial charge in [0.25, 0.3) is 0 Å². The zero-order chi connectivity index (χ0) is 72.3. The van der Waals surface area contributed by atoms with Crippen molar-refractivity contribution in [3.8, 4) is 0 Å². The number of rotatable bonds is 45. The highest BCUT2D eigenvalue weighted by molar-refractivity contribution is 5.90. The Morgan fingerprint density at radius 2 is 0.722 bits per heavy atom. The number of esters is 6. The van der Waals surface area contributed by atoms with Gasteiger partial charge >= 0.3 is 35.8 Å². The molecule has 17 unspecified atom stereocenters. The molecule has 552 valence electrons. The Hall–Kier alpha value is -6.69. The fourth-order valence-corrected chi connectivity index (χ4v) is 11.1. The third-order valence-electron chi connectivity index (χ3n) is 15.8. The first-order chi connectivity index (χ1) is 45.9. The van der Waals surface area contributed by atoms with Crippen LogP contribution < -0.4 is 27.0 Å². The second-order valence-corrected chi connectivity index (χ2v) is 24.1. The highest BCUT2D eigenvalue weighted by Gasteiger charge is 2.50. The summed E-state index contributed by atoms with van der Waals surface area (Å²) < 4.78 is 85.0. The molecule has 97 heavy (non-hydrogen) atoms. The van der Waals surface area contributed by atoms with Crippen molar-refractivity contribution in [3.63, 3.8) is 0 Å². The van der Waals surface area contributed by atoms with Crippen LogP contribution in [0.15, 0.2) is 0 Å². The summed E-state index contributed by atoms with van der Waals surface area (Å²) in [6, 6.07) is -4.41. The second-order valence-electron chi connectivity index (χ2n) is 24.1. The summed E-state index contributed by atoms with van der Waals surface area (Å²) in [6.45, 7) is 16.1. The first kappa shape index (κ1) is 84.5. The molecule has 3 saturated heterocycles. The van der Waals surface area contributed by atoms with Gasteiger partial charge in [0.15, 0.2) is 24.7 Å². The molecule has 0 bridgehead atoms. The van der Waals surface area contributed by atoms with Crippen LogP contribution in [0.25, 0.3) is 0 Å². The lowest BCUT2D eigenvalue weighted by Gasteiger charge is -2.44. The van der Waals surface area contributed by atoms with E-state index in [9.17, 15) is 62.3 Å². The zero-order valence-electron chi connectivity index (χ0n) is 57.9. The normalized spacial score (nSPS) is 25.9. The van der Waals surface area contributed by atoms with E-state index >= 15 is 0 Å². The molecule has 0 aromatic heterocycles. The summed E-state index contributed by atoms with van der Waals surface area (Å²) >= 11 is 0. The van der Waals surface area contributed by atoms with Crippen molar-refractivity contribution in [2.24, 2.45) is 23.5 Å². The Balaban J connectivity index is 1.56. The van der Waals surface area contributed by atoms with Crippen molar-refractivity contribution in [2.45, 2.75) is 233 Å². The van der Waals surface area contributed by atoms with Gasteiger partial charge in [-0.05, 0) is 32.1 Å². The van der Waals surface area contributed by atoms with Crippen molar-refractivity contribution in [2.75, 3.05) is 79.3 Å². The quantitative estimate of drug-likeness (QED) is 0.0316. The lowest BCUT2D eigenvalue weighted by molar-refractivity contribution is -0.264. The number of ketones is 3. The minimum atomic E-state index is -1.10. The smallest absolute Gasteiger partial charge is 0.303 e. The third kappa shape index (κ3) is 32.7. The van der Waals surface area contributed by atoms with Gasteiger partial charge in [0.1, 0.15) is 68.0 Å². The molecular weight excluding hydrogens is 1290 g/mol. The summed E-state index contributed by atoms with van der Waals surface area (Å²) in [4.78, 5) is 161. The number of hydrogen-bond acceptors (Lipinski definition) is 29. The van der Waals surface area contributed by atoms with Crippen LogP contribution in [0.3, 0.4) is 0 Å². The van der Waals surface area contributed by atoms with Gasteiger partial charge in [-0.3, -0.25) is 62.3 Å². The van der Waals surface area contributed by atoms with E-state index < -0.39 is 151 Å². The summed E-state index contributed by atoms with van der Waals surface area (Å²) in [7, 11) is 0.